The maximum absolute atomic E-state index is 12.5. The molecule has 0 aromatic heterocycles. The molecule has 2 aromatic carbocycles. The summed E-state index contributed by atoms with van der Waals surface area (Å²) in [5.41, 5.74) is 2.40. The molecule has 5 nitrogen and oxygen atoms in total. The van der Waals surface area contributed by atoms with Gasteiger partial charge in [0, 0.05) is 12.6 Å². The molecule has 25 heavy (non-hydrogen) atoms. The fourth-order valence-electron chi connectivity index (χ4n) is 2.62. The highest BCUT2D eigenvalue weighted by Crippen LogP contribution is 2.24. The molecule has 0 bridgehead atoms. The first-order valence-corrected chi connectivity index (χ1v) is 8.36. The smallest absolute Gasteiger partial charge is 0.251 e. The Morgan fingerprint density at radius 1 is 1.08 bits per heavy atom. The van der Waals surface area contributed by atoms with E-state index < -0.39 is 6.04 Å². The van der Waals surface area contributed by atoms with Gasteiger partial charge in [0.05, 0.1) is 7.11 Å². The molecule has 0 saturated heterocycles. The summed E-state index contributed by atoms with van der Waals surface area (Å²) in [7, 11) is 3.19. The maximum Gasteiger partial charge on any atom is 0.251 e. The average molecular weight is 340 g/mol. The number of carbonyl (C=O) groups is 2. The Balaban J connectivity index is 2.22. The van der Waals surface area contributed by atoms with E-state index in [0.717, 1.165) is 23.3 Å². The van der Waals surface area contributed by atoms with Gasteiger partial charge in [0.25, 0.3) is 5.91 Å². The van der Waals surface area contributed by atoms with Crippen molar-refractivity contribution in [2.45, 2.75) is 25.8 Å². The zero-order chi connectivity index (χ0) is 18.2. The van der Waals surface area contributed by atoms with Gasteiger partial charge in [0.1, 0.15) is 11.8 Å². The summed E-state index contributed by atoms with van der Waals surface area (Å²) < 4.78 is 5.25. The molecule has 0 aliphatic carbocycles. The summed E-state index contributed by atoms with van der Waals surface area (Å²) in [5, 5.41) is 5.40. The zero-order valence-corrected chi connectivity index (χ0v) is 14.8. The number of rotatable bonds is 7. The zero-order valence-electron chi connectivity index (χ0n) is 14.8. The second-order valence-corrected chi connectivity index (χ2v) is 5.74. The highest BCUT2D eigenvalue weighted by molar-refractivity contribution is 5.98. The van der Waals surface area contributed by atoms with E-state index in [0.29, 0.717) is 12.0 Å². The second kappa shape index (κ2) is 8.87. The molecule has 2 N–H and O–H groups in total. The first-order valence-electron chi connectivity index (χ1n) is 8.36. The van der Waals surface area contributed by atoms with Crippen LogP contribution >= 0.6 is 0 Å². The SMILES string of the molecule is CCC[C@@H](NC(=O)c1cccc(-c2cccc(OC)c2)c1)C(=O)NC. The summed E-state index contributed by atoms with van der Waals surface area (Å²) in [6.45, 7) is 1.98. The van der Waals surface area contributed by atoms with Gasteiger partial charge in [-0.05, 0) is 41.8 Å². The van der Waals surface area contributed by atoms with Gasteiger partial charge in [-0.1, -0.05) is 37.6 Å². The monoisotopic (exact) mass is 340 g/mol. The van der Waals surface area contributed by atoms with Crippen molar-refractivity contribution in [2.24, 2.45) is 0 Å². The molecule has 2 aromatic rings. The van der Waals surface area contributed by atoms with Crippen molar-refractivity contribution in [3.63, 3.8) is 0 Å². The minimum atomic E-state index is -0.525. The fraction of sp³-hybridized carbons (Fsp3) is 0.300. The van der Waals surface area contributed by atoms with E-state index in [1.54, 1.807) is 20.2 Å². The minimum absolute atomic E-state index is 0.181. The van der Waals surface area contributed by atoms with Gasteiger partial charge in [-0.3, -0.25) is 9.59 Å². The summed E-state index contributed by atoms with van der Waals surface area (Å²) >= 11 is 0. The Morgan fingerprint density at radius 3 is 2.40 bits per heavy atom. The van der Waals surface area contributed by atoms with Gasteiger partial charge in [-0.2, -0.15) is 0 Å². The number of amides is 2. The van der Waals surface area contributed by atoms with E-state index >= 15 is 0 Å². The lowest BCUT2D eigenvalue weighted by Crippen LogP contribution is -2.45. The highest BCUT2D eigenvalue weighted by atomic mass is 16.5. The predicted octanol–water partition coefficient (Wildman–Crippen LogP) is 3.01. The molecule has 0 fully saturated rings. The molecule has 2 amide bonds. The van der Waals surface area contributed by atoms with Crippen molar-refractivity contribution in [3.8, 4) is 16.9 Å². The van der Waals surface area contributed by atoms with Crippen molar-refractivity contribution in [2.75, 3.05) is 14.2 Å². The first kappa shape index (κ1) is 18.5. The lowest BCUT2D eigenvalue weighted by molar-refractivity contribution is -0.122. The molecule has 0 heterocycles. The van der Waals surface area contributed by atoms with Crippen LogP contribution in [-0.4, -0.2) is 32.0 Å². The lowest BCUT2D eigenvalue weighted by atomic mass is 10.0. The number of methoxy groups -OCH3 is 1. The third-order valence-corrected chi connectivity index (χ3v) is 3.97. The number of benzene rings is 2. The van der Waals surface area contributed by atoms with Crippen molar-refractivity contribution in [1.29, 1.82) is 0 Å². The Bertz CT molecular complexity index is 743. The topological polar surface area (TPSA) is 67.4 Å². The number of nitrogens with one attached hydrogen (secondary N) is 2. The predicted molar refractivity (Wildman–Crippen MR) is 98.7 cm³/mol. The average Bonchev–Trinajstić information content (AvgIpc) is 2.67. The van der Waals surface area contributed by atoms with Crippen LogP contribution in [0, 0.1) is 0 Å². The van der Waals surface area contributed by atoms with Crippen LogP contribution in [0.15, 0.2) is 48.5 Å². The summed E-state index contributed by atoms with van der Waals surface area (Å²) in [5.74, 6) is 0.320. The fourth-order valence-corrected chi connectivity index (χ4v) is 2.62. The van der Waals surface area contributed by atoms with Crippen LogP contribution in [0.5, 0.6) is 5.75 Å². The van der Waals surface area contributed by atoms with E-state index in [4.69, 9.17) is 4.74 Å². The number of carbonyl (C=O) groups excluding carboxylic acids is 2. The standard InChI is InChI=1S/C20H24N2O3/c1-4-7-18(20(24)21-2)22-19(23)16-10-5-8-14(12-16)15-9-6-11-17(13-15)25-3/h5-6,8-13,18H,4,7H2,1-3H3,(H,21,24)(H,22,23)/t18-/m1/s1. The summed E-state index contributed by atoms with van der Waals surface area (Å²) in [6.07, 6.45) is 1.41. The van der Waals surface area contributed by atoms with Crippen LogP contribution in [-0.2, 0) is 4.79 Å². The minimum Gasteiger partial charge on any atom is -0.497 e. The molecule has 0 unspecified atom stereocenters. The van der Waals surface area contributed by atoms with Crippen LogP contribution in [0.25, 0.3) is 11.1 Å². The third kappa shape index (κ3) is 4.83. The summed E-state index contributed by atoms with van der Waals surface area (Å²) in [6, 6.07) is 14.5. The number of ether oxygens (including phenoxy) is 1. The maximum atomic E-state index is 12.5. The molecular formula is C20H24N2O3. The molecule has 0 radical (unpaired) electrons. The van der Waals surface area contributed by atoms with Crippen molar-refractivity contribution in [3.05, 3.63) is 54.1 Å². The van der Waals surface area contributed by atoms with Gasteiger partial charge in [-0.25, -0.2) is 0 Å². The normalized spacial score (nSPS) is 11.5. The Kier molecular flexibility index (Phi) is 6.57. The molecular weight excluding hydrogens is 316 g/mol. The molecule has 2 rings (SSSR count). The quantitative estimate of drug-likeness (QED) is 0.814. The second-order valence-electron chi connectivity index (χ2n) is 5.74. The lowest BCUT2D eigenvalue weighted by Gasteiger charge is -2.16. The largest absolute Gasteiger partial charge is 0.497 e. The van der Waals surface area contributed by atoms with E-state index in [1.165, 1.54) is 0 Å². The first-order chi connectivity index (χ1) is 12.1. The van der Waals surface area contributed by atoms with Gasteiger partial charge < -0.3 is 15.4 Å². The summed E-state index contributed by atoms with van der Waals surface area (Å²) in [4.78, 5) is 24.4. The van der Waals surface area contributed by atoms with Gasteiger partial charge >= 0.3 is 0 Å². The molecule has 0 saturated carbocycles. The highest BCUT2D eigenvalue weighted by Gasteiger charge is 2.19. The van der Waals surface area contributed by atoms with E-state index in [-0.39, 0.29) is 11.8 Å². The molecule has 132 valence electrons. The van der Waals surface area contributed by atoms with Gasteiger partial charge in [0.2, 0.25) is 5.91 Å². The van der Waals surface area contributed by atoms with Crippen molar-refractivity contribution >= 4 is 11.8 Å². The van der Waals surface area contributed by atoms with Crippen LogP contribution in [0.4, 0.5) is 0 Å². The van der Waals surface area contributed by atoms with Crippen molar-refractivity contribution in [1.82, 2.24) is 10.6 Å². The molecule has 1 atom stereocenters. The van der Waals surface area contributed by atoms with Crippen LogP contribution in [0.3, 0.4) is 0 Å². The van der Waals surface area contributed by atoms with Crippen LogP contribution in [0.2, 0.25) is 0 Å². The Labute approximate surface area is 148 Å². The number of hydrogen-bond donors (Lipinski definition) is 2. The van der Waals surface area contributed by atoms with E-state index in [2.05, 4.69) is 10.6 Å². The number of likely N-dealkylation sites (N-methyl/N-ethyl adjacent to an activating group) is 1. The van der Waals surface area contributed by atoms with Crippen LogP contribution in [0.1, 0.15) is 30.1 Å². The van der Waals surface area contributed by atoms with E-state index in [9.17, 15) is 9.59 Å². The van der Waals surface area contributed by atoms with Crippen molar-refractivity contribution < 1.29 is 14.3 Å². The third-order valence-electron chi connectivity index (χ3n) is 3.97. The molecule has 0 aliphatic rings. The molecule has 0 spiro atoms. The van der Waals surface area contributed by atoms with E-state index in [1.807, 2.05) is 49.4 Å². The van der Waals surface area contributed by atoms with Crippen LogP contribution < -0.4 is 15.4 Å². The Morgan fingerprint density at radius 2 is 1.76 bits per heavy atom. The number of hydrogen-bond acceptors (Lipinski definition) is 3. The van der Waals surface area contributed by atoms with Gasteiger partial charge in [0.15, 0.2) is 0 Å². The van der Waals surface area contributed by atoms with Gasteiger partial charge in [-0.15, -0.1) is 0 Å². The Hall–Kier alpha value is -2.82. The molecule has 5 heteroatoms. The molecule has 0 aliphatic heterocycles.